The van der Waals surface area contributed by atoms with Gasteiger partial charge in [-0.2, -0.15) is 0 Å². The zero-order valence-electron chi connectivity index (χ0n) is 8.38. The van der Waals surface area contributed by atoms with Crippen molar-refractivity contribution in [1.82, 2.24) is 4.72 Å². The molecule has 0 aliphatic heterocycles. The van der Waals surface area contributed by atoms with Gasteiger partial charge in [0.15, 0.2) is 0 Å². The van der Waals surface area contributed by atoms with Crippen LogP contribution in [0.5, 0.6) is 0 Å². The fourth-order valence-corrected chi connectivity index (χ4v) is 2.16. The van der Waals surface area contributed by atoms with E-state index < -0.39 is 5.54 Å². The van der Waals surface area contributed by atoms with Gasteiger partial charge in [0.25, 0.3) is 0 Å². The average molecular weight is 264 g/mol. The zero-order chi connectivity index (χ0) is 11.5. The van der Waals surface area contributed by atoms with Crippen molar-refractivity contribution in [2.75, 3.05) is 0 Å². The zero-order valence-corrected chi connectivity index (χ0v) is 10.7. The second kappa shape index (κ2) is 5.21. The van der Waals surface area contributed by atoms with E-state index >= 15 is 0 Å². The van der Waals surface area contributed by atoms with E-state index in [1.165, 1.54) is 11.9 Å². The fourth-order valence-electron chi connectivity index (χ4n) is 0.787. The van der Waals surface area contributed by atoms with Gasteiger partial charge in [-0.3, -0.25) is 0 Å². The molecule has 0 aromatic heterocycles. The lowest BCUT2D eigenvalue weighted by Gasteiger charge is -2.18. The molecular formula is C10H11Cl2NOS. The molecule has 15 heavy (non-hydrogen) atoms. The van der Waals surface area contributed by atoms with Gasteiger partial charge in [-0.25, -0.2) is 4.72 Å². The monoisotopic (exact) mass is 263 g/mol. The number of carbonyl (C=O) groups is 1. The summed E-state index contributed by atoms with van der Waals surface area (Å²) in [6, 6.07) is 5.29. The topological polar surface area (TPSA) is 29.1 Å². The van der Waals surface area contributed by atoms with E-state index in [0.717, 1.165) is 11.2 Å². The minimum absolute atomic E-state index is 0.571. The molecule has 1 aromatic rings. The van der Waals surface area contributed by atoms with Crippen molar-refractivity contribution in [3.8, 4) is 0 Å². The minimum Gasteiger partial charge on any atom is -0.301 e. The molecule has 2 nitrogen and oxygen atoms in total. The Hall–Kier alpha value is -0.220. The number of rotatable bonds is 4. The smallest absolute Gasteiger partial charge is 0.140 e. The molecule has 0 aliphatic carbocycles. The Balaban J connectivity index is 2.77. The first-order chi connectivity index (χ1) is 6.96. The van der Waals surface area contributed by atoms with Crippen LogP contribution >= 0.6 is 35.1 Å². The quantitative estimate of drug-likeness (QED) is 0.665. The van der Waals surface area contributed by atoms with Crippen molar-refractivity contribution in [1.29, 1.82) is 0 Å². The van der Waals surface area contributed by atoms with Crippen molar-refractivity contribution < 1.29 is 4.79 Å². The number of hydrogen-bond donors (Lipinski definition) is 1. The van der Waals surface area contributed by atoms with Crippen molar-refractivity contribution in [3.63, 3.8) is 0 Å². The van der Waals surface area contributed by atoms with Crippen LogP contribution in [0.2, 0.25) is 10.0 Å². The molecule has 0 heterocycles. The predicted molar refractivity (Wildman–Crippen MR) is 65.6 cm³/mol. The molecule has 0 bridgehead atoms. The van der Waals surface area contributed by atoms with Gasteiger partial charge in [0.2, 0.25) is 0 Å². The Labute approximate surface area is 103 Å². The lowest BCUT2D eigenvalue weighted by atomic mass is 10.1. The molecule has 0 atom stereocenters. The van der Waals surface area contributed by atoms with Crippen LogP contribution in [0.25, 0.3) is 0 Å². The van der Waals surface area contributed by atoms with Crippen LogP contribution in [0.15, 0.2) is 23.1 Å². The molecule has 0 aliphatic rings. The van der Waals surface area contributed by atoms with Crippen molar-refractivity contribution in [2.45, 2.75) is 24.3 Å². The molecule has 82 valence electrons. The summed E-state index contributed by atoms with van der Waals surface area (Å²) in [7, 11) is 0. The summed E-state index contributed by atoms with van der Waals surface area (Å²) in [4.78, 5) is 11.4. The summed E-state index contributed by atoms with van der Waals surface area (Å²) in [6.45, 7) is 3.55. The first-order valence-electron chi connectivity index (χ1n) is 4.30. The van der Waals surface area contributed by atoms with E-state index in [1.807, 2.05) is 0 Å². The van der Waals surface area contributed by atoms with Crippen LogP contribution in [0, 0.1) is 0 Å². The highest BCUT2D eigenvalue weighted by Crippen LogP contribution is 2.32. The van der Waals surface area contributed by atoms with E-state index in [0.29, 0.717) is 10.0 Å². The third-order valence-electron chi connectivity index (χ3n) is 1.63. The molecule has 0 amide bonds. The standard InChI is InChI=1S/C10H11Cl2NOS/c1-10(2,6-14)13-15-9-7(11)4-3-5-8(9)12/h3-6,13H,1-2H3. The van der Waals surface area contributed by atoms with Crippen molar-refractivity contribution in [3.05, 3.63) is 28.2 Å². The van der Waals surface area contributed by atoms with Crippen LogP contribution in [0.1, 0.15) is 13.8 Å². The molecule has 5 heteroatoms. The predicted octanol–water partition coefficient (Wildman–Crippen LogP) is 3.57. The van der Waals surface area contributed by atoms with Crippen LogP contribution in [0.3, 0.4) is 0 Å². The third kappa shape index (κ3) is 3.68. The molecule has 1 N–H and O–H groups in total. The van der Waals surface area contributed by atoms with Crippen LogP contribution in [-0.2, 0) is 4.79 Å². The lowest BCUT2D eigenvalue weighted by molar-refractivity contribution is -0.111. The highest BCUT2D eigenvalue weighted by atomic mass is 35.5. The SMILES string of the molecule is CC(C)(C=O)NSc1c(Cl)cccc1Cl. The maximum Gasteiger partial charge on any atom is 0.140 e. The molecule has 1 rings (SSSR count). The summed E-state index contributed by atoms with van der Waals surface area (Å²) in [5, 5.41) is 1.14. The number of aldehydes is 1. The molecule has 0 unspecified atom stereocenters. The van der Waals surface area contributed by atoms with Gasteiger partial charge in [0.1, 0.15) is 6.29 Å². The maximum atomic E-state index is 10.7. The number of nitrogens with one attached hydrogen (secondary N) is 1. The molecule has 0 fully saturated rings. The van der Waals surface area contributed by atoms with Gasteiger partial charge >= 0.3 is 0 Å². The molecule has 0 spiro atoms. The van der Waals surface area contributed by atoms with Gasteiger partial charge in [-0.05, 0) is 37.9 Å². The molecule has 1 aromatic carbocycles. The van der Waals surface area contributed by atoms with Crippen molar-refractivity contribution in [2.24, 2.45) is 0 Å². The first-order valence-corrected chi connectivity index (χ1v) is 5.88. The summed E-state index contributed by atoms with van der Waals surface area (Å²) in [5.74, 6) is 0. The van der Waals surface area contributed by atoms with Gasteiger partial charge in [-0.1, -0.05) is 29.3 Å². The molecule has 0 radical (unpaired) electrons. The van der Waals surface area contributed by atoms with E-state index in [1.54, 1.807) is 32.0 Å². The summed E-state index contributed by atoms with van der Waals surface area (Å²) < 4.78 is 2.99. The summed E-state index contributed by atoms with van der Waals surface area (Å²) in [5.41, 5.74) is -0.604. The summed E-state index contributed by atoms with van der Waals surface area (Å²) in [6.07, 6.45) is 0.838. The number of hydrogen-bond acceptors (Lipinski definition) is 3. The number of halogens is 2. The Morgan fingerprint density at radius 3 is 2.33 bits per heavy atom. The number of benzene rings is 1. The van der Waals surface area contributed by atoms with E-state index in [9.17, 15) is 4.79 Å². The maximum absolute atomic E-state index is 10.7. The molecular weight excluding hydrogens is 253 g/mol. The van der Waals surface area contributed by atoms with Gasteiger partial charge in [-0.15, -0.1) is 0 Å². The normalized spacial score (nSPS) is 11.5. The third-order valence-corrected chi connectivity index (χ3v) is 3.76. The molecule has 0 saturated heterocycles. The first kappa shape index (κ1) is 12.8. The summed E-state index contributed by atoms with van der Waals surface area (Å²) >= 11 is 13.2. The lowest BCUT2D eigenvalue weighted by Crippen LogP contribution is -2.35. The van der Waals surface area contributed by atoms with Gasteiger partial charge < -0.3 is 4.79 Å². The average Bonchev–Trinajstić information content (AvgIpc) is 2.17. The highest BCUT2D eigenvalue weighted by Gasteiger charge is 2.17. The van der Waals surface area contributed by atoms with Crippen LogP contribution in [-0.4, -0.2) is 11.8 Å². The van der Waals surface area contributed by atoms with Gasteiger partial charge in [0, 0.05) is 0 Å². The Bertz CT molecular complexity index is 348. The van der Waals surface area contributed by atoms with E-state index in [-0.39, 0.29) is 0 Å². The second-order valence-electron chi connectivity index (χ2n) is 3.59. The Morgan fingerprint density at radius 2 is 1.87 bits per heavy atom. The second-order valence-corrected chi connectivity index (χ2v) is 5.23. The minimum atomic E-state index is -0.604. The fraction of sp³-hybridized carbons (Fsp3) is 0.300. The van der Waals surface area contributed by atoms with Gasteiger partial charge in [0.05, 0.1) is 20.5 Å². The van der Waals surface area contributed by atoms with Crippen LogP contribution < -0.4 is 4.72 Å². The molecule has 0 saturated carbocycles. The largest absolute Gasteiger partial charge is 0.301 e. The van der Waals surface area contributed by atoms with Crippen molar-refractivity contribution >= 4 is 41.4 Å². The number of carbonyl (C=O) groups excluding carboxylic acids is 1. The van der Waals surface area contributed by atoms with E-state index in [4.69, 9.17) is 23.2 Å². The van der Waals surface area contributed by atoms with Crippen LogP contribution in [0.4, 0.5) is 0 Å². The Morgan fingerprint density at radius 1 is 1.33 bits per heavy atom. The highest BCUT2D eigenvalue weighted by molar-refractivity contribution is 7.97. The van der Waals surface area contributed by atoms with E-state index in [2.05, 4.69) is 4.72 Å². The Kier molecular flexibility index (Phi) is 4.46.